The average Bonchev–Trinajstić information content (AvgIpc) is 3.17. The normalized spacial score (nSPS) is 11.6. The highest BCUT2D eigenvalue weighted by Gasteiger charge is 2.12. The molecule has 0 fully saturated rings. The zero-order valence-electron chi connectivity index (χ0n) is 15.4. The molecular formula is C21H21N5S. The minimum Gasteiger partial charge on any atom is -0.344 e. The fourth-order valence-electron chi connectivity index (χ4n) is 3.48. The summed E-state index contributed by atoms with van der Waals surface area (Å²) in [5, 5.41) is 13.1. The summed E-state index contributed by atoms with van der Waals surface area (Å²) in [4.78, 5) is 0. The Morgan fingerprint density at radius 3 is 2.63 bits per heavy atom. The van der Waals surface area contributed by atoms with Gasteiger partial charge in [0.1, 0.15) is 0 Å². The third kappa shape index (κ3) is 3.24. The molecule has 0 unspecified atom stereocenters. The second-order valence-electron chi connectivity index (χ2n) is 6.42. The van der Waals surface area contributed by atoms with Gasteiger partial charge in [-0.3, -0.25) is 5.10 Å². The number of nitrogens with zero attached hydrogens (tertiary/aromatic N) is 4. The number of benzene rings is 2. The Morgan fingerprint density at radius 1 is 1.11 bits per heavy atom. The van der Waals surface area contributed by atoms with Gasteiger partial charge in [0.05, 0.1) is 6.21 Å². The van der Waals surface area contributed by atoms with Crippen LogP contribution >= 0.6 is 12.2 Å². The van der Waals surface area contributed by atoms with Crippen LogP contribution < -0.4 is 0 Å². The third-order valence-corrected chi connectivity index (χ3v) is 5.08. The van der Waals surface area contributed by atoms with Crippen molar-refractivity contribution in [2.75, 3.05) is 0 Å². The minimum atomic E-state index is 0.495. The van der Waals surface area contributed by atoms with Crippen LogP contribution in [0.3, 0.4) is 0 Å². The summed E-state index contributed by atoms with van der Waals surface area (Å²) in [6.45, 7) is 5.21. The molecule has 27 heavy (non-hydrogen) atoms. The van der Waals surface area contributed by atoms with Crippen molar-refractivity contribution in [2.24, 2.45) is 5.10 Å². The van der Waals surface area contributed by atoms with Crippen LogP contribution in [0.5, 0.6) is 0 Å². The molecule has 0 amide bonds. The molecule has 0 spiro atoms. The van der Waals surface area contributed by atoms with E-state index in [0.717, 1.165) is 17.9 Å². The van der Waals surface area contributed by atoms with E-state index in [0.29, 0.717) is 11.2 Å². The largest absolute Gasteiger partial charge is 0.344 e. The first-order valence-corrected chi connectivity index (χ1v) is 9.42. The fraction of sp³-hybridized carbons (Fsp3) is 0.190. The number of hydrogen-bond acceptors (Lipinski definition) is 3. The van der Waals surface area contributed by atoms with Gasteiger partial charge >= 0.3 is 0 Å². The first-order valence-electron chi connectivity index (χ1n) is 9.01. The van der Waals surface area contributed by atoms with Gasteiger partial charge in [0.25, 0.3) is 0 Å². The number of hydrogen-bond donors (Lipinski definition) is 1. The lowest BCUT2D eigenvalue weighted by Gasteiger charge is -2.03. The summed E-state index contributed by atoms with van der Waals surface area (Å²) in [5.41, 5.74) is 4.70. The maximum Gasteiger partial charge on any atom is 0.216 e. The van der Waals surface area contributed by atoms with Gasteiger partial charge < -0.3 is 4.57 Å². The molecule has 1 N–H and O–H groups in total. The van der Waals surface area contributed by atoms with Crippen molar-refractivity contribution in [3.8, 4) is 0 Å². The molecule has 0 radical (unpaired) electrons. The molecule has 4 aromatic rings. The molecule has 2 heterocycles. The van der Waals surface area contributed by atoms with Crippen LogP contribution in [0.15, 0.2) is 59.7 Å². The van der Waals surface area contributed by atoms with E-state index in [1.165, 1.54) is 22.2 Å². The first kappa shape index (κ1) is 17.4. The highest BCUT2D eigenvalue weighted by atomic mass is 32.1. The van der Waals surface area contributed by atoms with Crippen molar-refractivity contribution in [3.05, 3.63) is 82.0 Å². The van der Waals surface area contributed by atoms with E-state index in [1.54, 1.807) is 4.68 Å². The number of aromatic amines is 1. The molecule has 0 aliphatic rings. The molecule has 0 bridgehead atoms. The number of para-hydroxylation sites is 1. The highest BCUT2D eigenvalue weighted by molar-refractivity contribution is 7.71. The van der Waals surface area contributed by atoms with Crippen LogP contribution in [0.4, 0.5) is 0 Å². The summed E-state index contributed by atoms with van der Waals surface area (Å²) < 4.78 is 4.50. The van der Waals surface area contributed by atoms with Crippen LogP contribution in [-0.4, -0.2) is 25.7 Å². The van der Waals surface area contributed by atoms with Crippen molar-refractivity contribution >= 4 is 29.3 Å². The number of H-pyrrole nitrogens is 1. The van der Waals surface area contributed by atoms with Crippen molar-refractivity contribution in [3.63, 3.8) is 0 Å². The number of aryl methyl sites for hydroxylation is 1. The third-order valence-electron chi connectivity index (χ3n) is 4.82. The van der Waals surface area contributed by atoms with Gasteiger partial charge in [0.2, 0.25) is 4.77 Å². The van der Waals surface area contributed by atoms with E-state index < -0.39 is 0 Å². The highest BCUT2D eigenvalue weighted by Crippen LogP contribution is 2.24. The van der Waals surface area contributed by atoms with Crippen molar-refractivity contribution in [1.29, 1.82) is 0 Å². The van der Waals surface area contributed by atoms with Crippen LogP contribution in [0.25, 0.3) is 10.9 Å². The Hall–Kier alpha value is -2.99. The predicted octanol–water partition coefficient (Wildman–Crippen LogP) is 4.70. The van der Waals surface area contributed by atoms with Gasteiger partial charge in [0, 0.05) is 35.1 Å². The Morgan fingerprint density at radius 2 is 1.85 bits per heavy atom. The lowest BCUT2D eigenvalue weighted by atomic mass is 10.1. The maximum atomic E-state index is 5.39. The van der Waals surface area contributed by atoms with Gasteiger partial charge in [-0.2, -0.15) is 14.9 Å². The van der Waals surface area contributed by atoms with E-state index in [1.807, 2.05) is 24.4 Å². The molecule has 5 nitrogen and oxygen atoms in total. The number of aromatic nitrogens is 4. The molecule has 2 aromatic carbocycles. The van der Waals surface area contributed by atoms with E-state index in [9.17, 15) is 0 Å². The quantitative estimate of drug-likeness (QED) is 0.406. The number of rotatable bonds is 5. The van der Waals surface area contributed by atoms with Gasteiger partial charge in [-0.25, -0.2) is 0 Å². The van der Waals surface area contributed by atoms with Gasteiger partial charge in [0.15, 0.2) is 5.82 Å². The second-order valence-corrected chi connectivity index (χ2v) is 6.81. The molecule has 0 aliphatic heterocycles. The van der Waals surface area contributed by atoms with Gasteiger partial charge in [-0.05, 0) is 37.7 Å². The van der Waals surface area contributed by atoms with E-state index >= 15 is 0 Å². The second kappa shape index (κ2) is 7.32. The van der Waals surface area contributed by atoms with E-state index in [-0.39, 0.29) is 0 Å². The lowest BCUT2D eigenvalue weighted by molar-refractivity contribution is 0.767. The number of fused-ring (bicyclic) bond motifs is 1. The Bertz CT molecular complexity index is 1160. The predicted molar refractivity (Wildman–Crippen MR) is 112 cm³/mol. The van der Waals surface area contributed by atoms with Crippen LogP contribution in [0.2, 0.25) is 0 Å². The summed E-state index contributed by atoms with van der Waals surface area (Å²) in [7, 11) is 0. The molecular weight excluding hydrogens is 354 g/mol. The van der Waals surface area contributed by atoms with E-state index in [2.05, 4.69) is 70.1 Å². The number of nitrogens with one attached hydrogen (secondary N) is 1. The molecule has 0 saturated heterocycles. The average molecular weight is 376 g/mol. The Balaban J connectivity index is 1.75. The molecule has 0 atom stereocenters. The Labute approximate surface area is 163 Å². The maximum absolute atomic E-state index is 5.39. The van der Waals surface area contributed by atoms with Crippen molar-refractivity contribution in [2.45, 2.75) is 26.8 Å². The molecule has 0 aliphatic carbocycles. The fourth-order valence-corrected chi connectivity index (χ4v) is 3.68. The summed E-state index contributed by atoms with van der Waals surface area (Å²) >= 11 is 5.39. The zero-order valence-corrected chi connectivity index (χ0v) is 16.2. The van der Waals surface area contributed by atoms with Gasteiger partial charge in [-0.1, -0.05) is 48.5 Å². The summed E-state index contributed by atoms with van der Waals surface area (Å²) in [5.74, 6) is 0.791. The van der Waals surface area contributed by atoms with Crippen LogP contribution in [0.1, 0.15) is 29.6 Å². The minimum absolute atomic E-state index is 0.495. The van der Waals surface area contributed by atoms with Crippen molar-refractivity contribution < 1.29 is 0 Å². The summed E-state index contributed by atoms with van der Waals surface area (Å²) in [6, 6.07) is 18.6. The summed E-state index contributed by atoms with van der Waals surface area (Å²) in [6.07, 6.45) is 2.56. The lowest BCUT2D eigenvalue weighted by Crippen LogP contribution is -2.01. The SMILES string of the molecule is CCn1c(C)c(/C=N\n2c(Cc3ccccc3)n[nH]c2=S)c2ccccc21. The zero-order chi connectivity index (χ0) is 18.8. The Kier molecular flexibility index (Phi) is 4.73. The molecule has 4 rings (SSSR count). The monoisotopic (exact) mass is 375 g/mol. The molecule has 136 valence electrons. The van der Waals surface area contributed by atoms with E-state index in [4.69, 9.17) is 12.2 Å². The van der Waals surface area contributed by atoms with Gasteiger partial charge in [-0.15, -0.1) is 0 Å². The first-order chi connectivity index (χ1) is 13.2. The van der Waals surface area contributed by atoms with Crippen LogP contribution in [-0.2, 0) is 13.0 Å². The van der Waals surface area contributed by atoms with Crippen molar-refractivity contribution in [1.82, 2.24) is 19.4 Å². The standard InChI is InChI=1S/C21H21N5S/c1-3-25-15(2)18(17-11-7-8-12-19(17)25)14-22-26-20(23-24-21(26)27)13-16-9-5-4-6-10-16/h4-12,14H,3,13H2,1-2H3,(H,24,27)/b22-14-. The molecule has 6 heteroatoms. The molecule has 0 saturated carbocycles. The molecule has 2 aromatic heterocycles. The smallest absolute Gasteiger partial charge is 0.216 e. The van der Waals surface area contributed by atoms with Crippen LogP contribution in [0, 0.1) is 11.7 Å². The topological polar surface area (TPSA) is 50.9 Å².